The van der Waals surface area contributed by atoms with Crippen LogP contribution >= 0.6 is 0 Å². The maximum absolute atomic E-state index is 14.6. The number of benzene rings is 2. The van der Waals surface area contributed by atoms with Crippen molar-refractivity contribution in [2.45, 2.75) is 24.7 Å². The van der Waals surface area contributed by atoms with Crippen LogP contribution in [0.15, 0.2) is 47.4 Å². The summed E-state index contributed by atoms with van der Waals surface area (Å²) in [6.07, 6.45) is 2.01. The third-order valence-corrected chi connectivity index (χ3v) is 7.99. The summed E-state index contributed by atoms with van der Waals surface area (Å²) >= 11 is 0. The summed E-state index contributed by atoms with van der Waals surface area (Å²) in [7, 11) is -3.84. The van der Waals surface area contributed by atoms with Gasteiger partial charge in [-0.2, -0.15) is 4.31 Å². The number of sulfonamides is 1. The standard InChI is InChI=1S/C23H27FN4O4S/c1-17(29)26-12-14-28(15-13-26)33(31,32)19-7-4-6-18(16-19)23(30)25-22-20(24)8-5-9-21(22)27-10-2-3-11-27/h4-9,16H,2-3,10-15H2,1H3,(H,25,30). The fourth-order valence-corrected chi connectivity index (χ4v) is 5.70. The Morgan fingerprint density at radius 3 is 2.27 bits per heavy atom. The second-order valence-electron chi connectivity index (χ2n) is 8.22. The topological polar surface area (TPSA) is 90.0 Å². The highest BCUT2D eigenvalue weighted by Crippen LogP contribution is 2.31. The van der Waals surface area contributed by atoms with E-state index in [4.69, 9.17) is 0 Å². The summed E-state index contributed by atoms with van der Waals surface area (Å²) in [5, 5.41) is 2.64. The zero-order chi connectivity index (χ0) is 23.6. The average Bonchev–Trinajstić information content (AvgIpc) is 3.35. The molecule has 8 nitrogen and oxygen atoms in total. The SMILES string of the molecule is CC(=O)N1CCN(S(=O)(=O)c2cccc(C(=O)Nc3c(F)cccc3N3CCCC3)c2)CC1. The number of hydrogen-bond donors (Lipinski definition) is 1. The average molecular weight is 475 g/mol. The van der Waals surface area contributed by atoms with E-state index in [0.29, 0.717) is 18.8 Å². The molecule has 0 bridgehead atoms. The van der Waals surface area contributed by atoms with Gasteiger partial charge in [0.1, 0.15) is 11.5 Å². The molecule has 2 aliphatic rings. The fourth-order valence-electron chi connectivity index (χ4n) is 4.23. The van der Waals surface area contributed by atoms with Gasteiger partial charge in [0.05, 0.1) is 10.6 Å². The molecule has 176 valence electrons. The molecule has 0 saturated carbocycles. The van der Waals surface area contributed by atoms with Crippen molar-refractivity contribution in [3.8, 4) is 0 Å². The predicted octanol–water partition coefficient (Wildman–Crippen LogP) is 2.53. The van der Waals surface area contributed by atoms with Gasteiger partial charge < -0.3 is 15.1 Å². The maximum atomic E-state index is 14.6. The molecule has 2 amide bonds. The van der Waals surface area contributed by atoms with Gasteiger partial charge in [-0.25, -0.2) is 12.8 Å². The van der Waals surface area contributed by atoms with E-state index in [0.717, 1.165) is 25.9 Å². The molecule has 2 aromatic carbocycles. The first kappa shape index (κ1) is 23.2. The molecule has 2 fully saturated rings. The Kier molecular flexibility index (Phi) is 6.66. The number of carbonyl (C=O) groups is 2. The molecule has 2 aliphatic heterocycles. The van der Waals surface area contributed by atoms with E-state index in [9.17, 15) is 22.4 Å². The van der Waals surface area contributed by atoms with Crippen molar-refractivity contribution in [2.75, 3.05) is 49.5 Å². The number of hydrogen-bond acceptors (Lipinski definition) is 5. The van der Waals surface area contributed by atoms with Crippen molar-refractivity contribution in [1.82, 2.24) is 9.21 Å². The third kappa shape index (κ3) is 4.86. The molecule has 4 rings (SSSR count). The van der Waals surface area contributed by atoms with Crippen LogP contribution in [-0.2, 0) is 14.8 Å². The third-order valence-electron chi connectivity index (χ3n) is 6.09. The van der Waals surface area contributed by atoms with E-state index >= 15 is 0 Å². The number of amides is 2. The van der Waals surface area contributed by atoms with Crippen LogP contribution in [0.2, 0.25) is 0 Å². The molecule has 33 heavy (non-hydrogen) atoms. The number of piperazine rings is 1. The smallest absolute Gasteiger partial charge is 0.255 e. The minimum absolute atomic E-state index is 0.0141. The minimum atomic E-state index is -3.84. The van der Waals surface area contributed by atoms with Crippen molar-refractivity contribution in [3.05, 3.63) is 53.8 Å². The lowest BCUT2D eigenvalue weighted by Gasteiger charge is -2.33. The molecule has 0 atom stereocenters. The molecule has 0 unspecified atom stereocenters. The van der Waals surface area contributed by atoms with Crippen LogP contribution in [-0.4, -0.2) is 68.7 Å². The van der Waals surface area contributed by atoms with Crippen molar-refractivity contribution >= 4 is 33.2 Å². The highest BCUT2D eigenvalue weighted by Gasteiger charge is 2.30. The molecule has 0 aromatic heterocycles. The van der Waals surface area contributed by atoms with E-state index in [-0.39, 0.29) is 35.1 Å². The fraction of sp³-hybridized carbons (Fsp3) is 0.391. The Hall–Kier alpha value is -2.98. The summed E-state index contributed by atoms with van der Waals surface area (Å²) < 4.78 is 42.1. The van der Waals surface area contributed by atoms with Crippen LogP contribution in [0.4, 0.5) is 15.8 Å². The molecule has 0 aliphatic carbocycles. The summed E-state index contributed by atoms with van der Waals surface area (Å²) in [5.41, 5.74) is 0.833. The lowest BCUT2D eigenvalue weighted by Crippen LogP contribution is -2.49. The van der Waals surface area contributed by atoms with E-state index in [1.807, 2.05) is 4.90 Å². The minimum Gasteiger partial charge on any atom is -0.370 e. The number of para-hydroxylation sites is 1. The van der Waals surface area contributed by atoms with Gasteiger partial charge in [0.25, 0.3) is 5.91 Å². The molecule has 0 spiro atoms. The van der Waals surface area contributed by atoms with Gasteiger partial charge in [-0.05, 0) is 43.2 Å². The number of anilines is 2. The Balaban J connectivity index is 1.54. The second-order valence-corrected chi connectivity index (χ2v) is 10.2. The summed E-state index contributed by atoms with van der Waals surface area (Å²) in [6, 6.07) is 10.4. The molecular formula is C23H27FN4O4S. The van der Waals surface area contributed by atoms with E-state index in [2.05, 4.69) is 5.32 Å². The zero-order valence-corrected chi connectivity index (χ0v) is 19.3. The summed E-state index contributed by atoms with van der Waals surface area (Å²) in [6.45, 7) is 4.05. The lowest BCUT2D eigenvalue weighted by atomic mass is 10.2. The first-order valence-electron chi connectivity index (χ1n) is 11.0. The first-order valence-corrected chi connectivity index (χ1v) is 12.4. The monoisotopic (exact) mass is 474 g/mol. The second kappa shape index (κ2) is 9.48. The quantitative estimate of drug-likeness (QED) is 0.719. The Bertz CT molecular complexity index is 1160. The highest BCUT2D eigenvalue weighted by molar-refractivity contribution is 7.89. The normalized spacial score (nSPS) is 17.3. The van der Waals surface area contributed by atoms with Gasteiger partial charge in [0.2, 0.25) is 15.9 Å². The molecule has 2 aromatic rings. The first-order chi connectivity index (χ1) is 15.8. The van der Waals surface area contributed by atoms with Gasteiger partial charge in [-0.15, -0.1) is 0 Å². The van der Waals surface area contributed by atoms with E-state index in [1.165, 1.54) is 41.6 Å². The Labute approximate surface area is 193 Å². The number of carbonyl (C=O) groups excluding carboxylic acids is 2. The van der Waals surface area contributed by atoms with E-state index < -0.39 is 21.7 Å². The number of nitrogens with zero attached hydrogens (tertiary/aromatic N) is 3. The van der Waals surface area contributed by atoms with Gasteiger partial charge in [-0.1, -0.05) is 12.1 Å². The van der Waals surface area contributed by atoms with Crippen LogP contribution < -0.4 is 10.2 Å². The lowest BCUT2D eigenvalue weighted by molar-refractivity contribution is -0.129. The van der Waals surface area contributed by atoms with Gasteiger partial charge in [-0.3, -0.25) is 9.59 Å². The van der Waals surface area contributed by atoms with Crippen LogP contribution in [0.3, 0.4) is 0 Å². The van der Waals surface area contributed by atoms with Crippen LogP contribution in [0.5, 0.6) is 0 Å². The van der Waals surface area contributed by atoms with Crippen LogP contribution in [0.1, 0.15) is 30.1 Å². The van der Waals surface area contributed by atoms with Crippen molar-refractivity contribution in [2.24, 2.45) is 0 Å². The van der Waals surface area contributed by atoms with Crippen molar-refractivity contribution in [1.29, 1.82) is 0 Å². The van der Waals surface area contributed by atoms with Crippen LogP contribution in [0, 0.1) is 5.82 Å². The number of rotatable bonds is 5. The number of nitrogens with one attached hydrogen (secondary N) is 1. The molecule has 0 radical (unpaired) electrons. The summed E-state index contributed by atoms with van der Waals surface area (Å²) in [4.78, 5) is 28.1. The molecule has 1 N–H and O–H groups in total. The largest absolute Gasteiger partial charge is 0.370 e. The van der Waals surface area contributed by atoms with Crippen molar-refractivity contribution < 1.29 is 22.4 Å². The molecule has 2 saturated heterocycles. The maximum Gasteiger partial charge on any atom is 0.255 e. The number of halogens is 1. The Morgan fingerprint density at radius 1 is 0.939 bits per heavy atom. The van der Waals surface area contributed by atoms with Crippen molar-refractivity contribution in [3.63, 3.8) is 0 Å². The Morgan fingerprint density at radius 2 is 1.61 bits per heavy atom. The van der Waals surface area contributed by atoms with Gasteiger partial charge >= 0.3 is 0 Å². The summed E-state index contributed by atoms with van der Waals surface area (Å²) in [5.74, 6) is -1.22. The molecular weight excluding hydrogens is 447 g/mol. The zero-order valence-electron chi connectivity index (χ0n) is 18.5. The predicted molar refractivity (Wildman–Crippen MR) is 123 cm³/mol. The molecule has 2 heterocycles. The van der Waals surface area contributed by atoms with Gasteiger partial charge in [0, 0.05) is 51.8 Å². The van der Waals surface area contributed by atoms with Crippen LogP contribution in [0.25, 0.3) is 0 Å². The van der Waals surface area contributed by atoms with Gasteiger partial charge in [0.15, 0.2) is 0 Å². The molecule has 10 heteroatoms. The van der Waals surface area contributed by atoms with E-state index in [1.54, 1.807) is 17.0 Å². The highest BCUT2D eigenvalue weighted by atomic mass is 32.2.